The molecule has 1 atom stereocenters. The van der Waals surface area contributed by atoms with Crippen LogP contribution < -0.4 is 5.32 Å². The van der Waals surface area contributed by atoms with E-state index < -0.39 is 10.8 Å². The van der Waals surface area contributed by atoms with Crippen LogP contribution in [0.2, 0.25) is 0 Å². The Morgan fingerprint density at radius 1 is 1.16 bits per heavy atom. The predicted octanol–water partition coefficient (Wildman–Crippen LogP) is -0.115. The van der Waals surface area contributed by atoms with Gasteiger partial charge in [0.05, 0.1) is 62.7 Å². The molecule has 2 rings (SSSR count). The first-order valence-corrected chi connectivity index (χ1v) is 12.9. The number of thioether (sulfide) groups is 1. The molecular weight excluding hydrogens is 442 g/mol. The molecule has 0 bridgehead atoms. The number of ether oxygens (including phenoxy) is 3. The minimum Gasteiger partial charge on any atom is -0.377 e. The van der Waals surface area contributed by atoms with Crippen molar-refractivity contribution in [3.05, 3.63) is 23.9 Å². The lowest BCUT2D eigenvalue weighted by Crippen LogP contribution is -2.32. The maximum Gasteiger partial charge on any atom is 0.233 e. The van der Waals surface area contributed by atoms with Crippen molar-refractivity contribution in [2.75, 3.05) is 76.5 Å². The van der Waals surface area contributed by atoms with Gasteiger partial charge in [0.25, 0.3) is 0 Å². The van der Waals surface area contributed by atoms with Gasteiger partial charge in [0.15, 0.2) is 0 Å². The van der Waals surface area contributed by atoms with E-state index in [-0.39, 0.29) is 11.7 Å². The van der Waals surface area contributed by atoms with Crippen molar-refractivity contribution >= 4 is 28.5 Å². The Labute approximate surface area is 190 Å². The standard InChI is InChI=1S/C19H33N5O5S2/c1-2-31(26)17-19(25)20-3-7-27-9-11-29-12-10-28-8-4-24-16-18(21-22-24)15-23-5-13-30-14-6-23/h2,16H,1,3-15,17H2,(H,20,25). The molecule has 31 heavy (non-hydrogen) atoms. The molecule has 1 saturated heterocycles. The Kier molecular flexibility index (Phi) is 13.7. The summed E-state index contributed by atoms with van der Waals surface area (Å²) < 4.78 is 29.3. The first-order chi connectivity index (χ1) is 15.2. The first-order valence-electron chi connectivity index (χ1n) is 10.4. The molecule has 0 aliphatic carbocycles. The molecule has 1 aromatic rings. The Hall–Kier alpha value is -1.31. The lowest BCUT2D eigenvalue weighted by molar-refractivity contribution is -0.118. The van der Waals surface area contributed by atoms with E-state index in [0.717, 1.165) is 25.3 Å². The summed E-state index contributed by atoms with van der Waals surface area (Å²) in [6.07, 6.45) is 1.99. The summed E-state index contributed by atoms with van der Waals surface area (Å²) in [5, 5.41) is 12.3. The molecule has 10 nitrogen and oxygen atoms in total. The Morgan fingerprint density at radius 2 is 1.84 bits per heavy atom. The quantitative estimate of drug-likeness (QED) is 0.309. The summed E-state index contributed by atoms with van der Waals surface area (Å²) in [4.78, 5) is 13.8. The molecule has 0 spiro atoms. The molecule has 0 saturated carbocycles. The molecule has 1 aromatic heterocycles. The van der Waals surface area contributed by atoms with Gasteiger partial charge in [-0.2, -0.15) is 11.8 Å². The van der Waals surface area contributed by atoms with Crippen molar-refractivity contribution in [2.24, 2.45) is 0 Å². The van der Waals surface area contributed by atoms with Crippen molar-refractivity contribution in [1.29, 1.82) is 0 Å². The summed E-state index contributed by atoms with van der Waals surface area (Å²) in [7, 11) is -1.32. The van der Waals surface area contributed by atoms with Gasteiger partial charge in [0.1, 0.15) is 5.75 Å². The number of nitrogens with one attached hydrogen (secondary N) is 1. The average Bonchev–Trinajstić information content (AvgIpc) is 3.22. The first kappa shape index (κ1) is 25.9. The molecule has 0 aromatic carbocycles. The third kappa shape index (κ3) is 12.3. The molecule has 176 valence electrons. The van der Waals surface area contributed by atoms with E-state index >= 15 is 0 Å². The second kappa shape index (κ2) is 16.3. The Balaban J connectivity index is 1.36. The predicted molar refractivity (Wildman–Crippen MR) is 121 cm³/mol. The van der Waals surface area contributed by atoms with E-state index in [1.807, 2.05) is 22.6 Å². The van der Waals surface area contributed by atoms with Gasteiger partial charge in [-0.1, -0.05) is 11.8 Å². The van der Waals surface area contributed by atoms with Crippen LogP contribution in [-0.2, 0) is 42.9 Å². The van der Waals surface area contributed by atoms with Gasteiger partial charge in [-0.3, -0.25) is 13.9 Å². The number of rotatable bonds is 17. The lowest BCUT2D eigenvalue weighted by Gasteiger charge is -2.24. The molecule has 1 N–H and O–H groups in total. The molecule has 1 fully saturated rings. The Morgan fingerprint density at radius 3 is 2.55 bits per heavy atom. The van der Waals surface area contributed by atoms with Gasteiger partial charge in [-0.05, 0) is 5.41 Å². The molecular formula is C19H33N5O5S2. The monoisotopic (exact) mass is 475 g/mol. The summed E-state index contributed by atoms with van der Waals surface area (Å²) in [6, 6.07) is 0. The minimum absolute atomic E-state index is 0.0669. The highest BCUT2D eigenvalue weighted by Gasteiger charge is 2.12. The third-order valence-corrected chi connectivity index (χ3v) is 6.17. The summed E-state index contributed by atoms with van der Waals surface area (Å²) in [6.45, 7) is 10.3. The zero-order chi connectivity index (χ0) is 22.2. The molecule has 2 heterocycles. The fraction of sp³-hybridized carbons (Fsp3) is 0.737. The second-order valence-electron chi connectivity index (χ2n) is 6.74. The smallest absolute Gasteiger partial charge is 0.233 e. The van der Waals surface area contributed by atoms with E-state index in [2.05, 4.69) is 27.1 Å². The number of carbonyl (C=O) groups is 1. The number of aromatic nitrogens is 3. The lowest BCUT2D eigenvalue weighted by atomic mass is 10.4. The fourth-order valence-electron chi connectivity index (χ4n) is 2.71. The molecule has 1 unspecified atom stereocenters. The van der Waals surface area contributed by atoms with Crippen molar-refractivity contribution in [2.45, 2.75) is 13.1 Å². The highest BCUT2D eigenvalue weighted by Crippen LogP contribution is 2.11. The van der Waals surface area contributed by atoms with Crippen LogP contribution >= 0.6 is 11.8 Å². The SMILES string of the molecule is C=CS(=O)CC(=O)NCCOCCOCCOCCn1cc(CN2CCSCC2)nn1. The van der Waals surface area contributed by atoms with Gasteiger partial charge in [0.2, 0.25) is 5.91 Å². The van der Waals surface area contributed by atoms with Gasteiger partial charge in [-0.25, -0.2) is 4.68 Å². The average molecular weight is 476 g/mol. The van der Waals surface area contributed by atoms with Gasteiger partial charge in [0, 0.05) is 43.9 Å². The maximum absolute atomic E-state index is 11.4. The van der Waals surface area contributed by atoms with Gasteiger partial charge < -0.3 is 19.5 Å². The van der Waals surface area contributed by atoms with Crippen LogP contribution in [0.1, 0.15) is 5.69 Å². The number of hydrogen-bond acceptors (Lipinski definition) is 9. The minimum atomic E-state index is -1.32. The van der Waals surface area contributed by atoms with Gasteiger partial charge in [-0.15, -0.1) is 5.10 Å². The number of amides is 1. The van der Waals surface area contributed by atoms with Crippen molar-refractivity contribution < 1.29 is 23.2 Å². The molecule has 12 heteroatoms. The van der Waals surface area contributed by atoms with E-state index in [0.29, 0.717) is 52.7 Å². The van der Waals surface area contributed by atoms with Crippen LogP contribution in [-0.4, -0.2) is 107 Å². The van der Waals surface area contributed by atoms with Crippen molar-refractivity contribution in [3.8, 4) is 0 Å². The zero-order valence-electron chi connectivity index (χ0n) is 17.9. The molecule has 0 radical (unpaired) electrons. The molecule has 1 aliphatic rings. The van der Waals surface area contributed by atoms with Crippen molar-refractivity contribution in [3.63, 3.8) is 0 Å². The largest absolute Gasteiger partial charge is 0.377 e. The van der Waals surface area contributed by atoms with Crippen LogP contribution in [0.3, 0.4) is 0 Å². The van der Waals surface area contributed by atoms with Crippen molar-refractivity contribution in [1.82, 2.24) is 25.2 Å². The topological polar surface area (TPSA) is 108 Å². The normalized spacial score (nSPS) is 15.6. The molecule has 1 amide bonds. The van der Waals surface area contributed by atoms with Gasteiger partial charge >= 0.3 is 0 Å². The van der Waals surface area contributed by atoms with Crippen LogP contribution in [0.25, 0.3) is 0 Å². The summed E-state index contributed by atoms with van der Waals surface area (Å²) in [5.74, 6) is 2.03. The number of hydrogen-bond donors (Lipinski definition) is 1. The summed E-state index contributed by atoms with van der Waals surface area (Å²) in [5.41, 5.74) is 1.00. The number of nitrogens with zero attached hydrogens (tertiary/aromatic N) is 4. The highest BCUT2D eigenvalue weighted by molar-refractivity contribution is 7.99. The third-order valence-electron chi connectivity index (χ3n) is 4.31. The van der Waals surface area contributed by atoms with Crippen LogP contribution in [0.4, 0.5) is 0 Å². The number of carbonyl (C=O) groups excluding carboxylic acids is 1. The van der Waals surface area contributed by atoms with E-state index in [4.69, 9.17) is 14.2 Å². The van der Waals surface area contributed by atoms with Crippen LogP contribution in [0.15, 0.2) is 18.2 Å². The van der Waals surface area contributed by atoms with E-state index in [1.165, 1.54) is 16.9 Å². The van der Waals surface area contributed by atoms with E-state index in [9.17, 15) is 9.00 Å². The van der Waals surface area contributed by atoms with Crippen LogP contribution in [0, 0.1) is 0 Å². The zero-order valence-corrected chi connectivity index (χ0v) is 19.5. The fourth-order valence-corrected chi connectivity index (χ4v) is 4.17. The van der Waals surface area contributed by atoms with E-state index in [1.54, 1.807) is 0 Å². The second-order valence-corrected chi connectivity index (χ2v) is 9.35. The highest BCUT2D eigenvalue weighted by atomic mass is 32.2. The Bertz CT molecular complexity index is 670. The molecule has 1 aliphatic heterocycles. The maximum atomic E-state index is 11.4. The van der Waals surface area contributed by atoms with Crippen LogP contribution in [0.5, 0.6) is 0 Å². The summed E-state index contributed by atoms with van der Waals surface area (Å²) >= 11 is 2.00.